The Morgan fingerprint density at radius 1 is 1.42 bits per heavy atom. The molecular formula is C19H29ClN2O3S. The number of nitrogens with one attached hydrogen (secondary N) is 1. The maximum absolute atomic E-state index is 12.1. The van der Waals surface area contributed by atoms with Crippen LogP contribution in [0, 0.1) is 0 Å². The van der Waals surface area contributed by atoms with Crippen LogP contribution in [0.15, 0.2) is 18.2 Å². The molecule has 0 aromatic heterocycles. The number of hydrogen-bond acceptors (Lipinski definition) is 5. The average molecular weight is 401 g/mol. The third-order valence-corrected chi connectivity index (χ3v) is 5.70. The lowest BCUT2D eigenvalue weighted by molar-refractivity contribution is 0.0854. The molecule has 0 radical (unpaired) electrons. The number of carbonyl (C=O) groups is 1. The first-order valence-corrected chi connectivity index (χ1v) is 10.8. The van der Waals surface area contributed by atoms with Gasteiger partial charge in [0.15, 0.2) is 0 Å². The van der Waals surface area contributed by atoms with Crippen LogP contribution in [0.1, 0.15) is 30.1 Å². The monoisotopic (exact) mass is 400 g/mol. The highest BCUT2D eigenvalue weighted by Crippen LogP contribution is 2.29. The Labute approximate surface area is 165 Å². The Morgan fingerprint density at radius 2 is 2.15 bits per heavy atom. The largest absolute Gasteiger partial charge is 0.489 e. The molecule has 1 aromatic rings. The third-order valence-electron chi connectivity index (χ3n) is 4.59. The van der Waals surface area contributed by atoms with Gasteiger partial charge in [0.05, 0.1) is 11.6 Å². The first-order chi connectivity index (χ1) is 12.5. The first-order valence-electron chi connectivity index (χ1n) is 9.01. The Kier molecular flexibility index (Phi) is 9.05. The number of rotatable bonds is 9. The summed E-state index contributed by atoms with van der Waals surface area (Å²) >= 11 is 8.22. The molecule has 26 heavy (non-hydrogen) atoms. The summed E-state index contributed by atoms with van der Waals surface area (Å²) in [6.07, 6.45) is 4.31. The first kappa shape index (κ1) is 21.4. The van der Waals surface area contributed by atoms with Crippen LogP contribution in [0.25, 0.3) is 0 Å². The Balaban J connectivity index is 1.86. The van der Waals surface area contributed by atoms with Crippen LogP contribution in [0.5, 0.6) is 5.75 Å². The fourth-order valence-corrected chi connectivity index (χ4v) is 3.99. The zero-order chi connectivity index (χ0) is 18.9. The molecule has 0 unspecified atom stereocenters. The molecule has 0 bridgehead atoms. The van der Waals surface area contributed by atoms with Crippen LogP contribution in [0.4, 0.5) is 0 Å². The molecule has 1 aromatic carbocycles. The second-order valence-corrected chi connectivity index (χ2v) is 7.87. The van der Waals surface area contributed by atoms with Gasteiger partial charge in [0.2, 0.25) is 0 Å². The summed E-state index contributed by atoms with van der Waals surface area (Å²) in [5, 5.41) is 3.26. The van der Waals surface area contributed by atoms with Gasteiger partial charge >= 0.3 is 0 Å². The summed E-state index contributed by atoms with van der Waals surface area (Å²) in [7, 11) is 1.60. The molecule has 1 fully saturated rings. The molecule has 1 amide bonds. The molecule has 1 heterocycles. The summed E-state index contributed by atoms with van der Waals surface area (Å²) in [6.45, 7) is 5.33. The van der Waals surface area contributed by atoms with E-state index in [1.54, 1.807) is 25.3 Å². The Hall–Kier alpha value is -0.950. The fourth-order valence-electron chi connectivity index (χ4n) is 3.07. The number of piperidine rings is 1. The molecule has 0 spiro atoms. The Morgan fingerprint density at radius 3 is 2.77 bits per heavy atom. The van der Waals surface area contributed by atoms with Gasteiger partial charge in [-0.25, -0.2) is 0 Å². The van der Waals surface area contributed by atoms with Crippen LogP contribution in [0.2, 0.25) is 5.02 Å². The molecule has 0 saturated carbocycles. The average Bonchev–Trinajstić information content (AvgIpc) is 2.64. The van der Waals surface area contributed by atoms with Gasteiger partial charge in [-0.1, -0.05) is 11.6 Å². The quantitative estimate of drug-likeness (QED) is 0.644. The second kappa shape index (κ2) is 11.0. The molecule has 5 nitrogen and oxygen atoms in total. The van der Waals surface area contributed by atoms with Gasteiger partial charge in [-0.3, -0.25) is 9.69 Å². The van der Waals surface area contributed by atoms with E-state index < -0.39 is 0 Å². The van der Waals surface area contributed by atoms with E-state index in [0.717, 1.165) is 31.7 Å². The summed E-state index contributed by atoms with van der Waals surface area (Å²) < 4.78 is 11.0. The van der Waals surface area contributed by atoms with Crippen molar-refractivity contribution in [3.05, 3.63) is 28.8 Å². The van der Waals surface area contributed by atoms with E-state index in [2.05, 4.69) is 23.4 Å². The maximum atomic E-state index is 12.1. The third kappa shape index (κ3) is 6.34. The number of nitrogens with zero attached hydrogens (tertiary/aromatic N) is 1. The van der Waals surface area contributed by atoms with Crippen molar-refractivity contribution < 1.29 is 14.3 Å². The molecule has 2 rings (SSSR count). The van der Waals surface area contributed by atoms with Crippen LogP contribution in [0.3, 0.4) is 0 Å². The fraction of sp³-hybridized carbons (Fsp3) is 0.632. The predicted octanol–water partition coefficient (Wildman–Crippen LogP) is 3.31. The van der Waals surface area contributed by atoms with E-state index in [1.165, 1.54) is 0 Å². The summed E-state index contributed by atoms with van der Waals surface area (Å²) in [6, 6.07) is 5.80. The number of ether oxygens (including phenoxy) is 2. The van der Waals surface area contributed by atoms with E-state index in [9.17, 15) is 4.79 Å². The van der Waals surface area contributed by atoms with Gasteiger partial charge in [-0.15, -0.1) is 0 Å². The smallest absolute Gasteiger partial charge is 0.251 e. The number of hydrogen-bond donors (Lipinski definition) is 1. The van der Waals surface area contributed by atoms with Gasteiger partial charge in [-0.05, 0) is 44.2 Å². The molecular weight excluding hydrogens is 372 g/mol. The predicted molar refractivity (Wildman–Crippen MR) is 109 cm³/mol. The molecule has 1 N–H and O–H groups in total. The number of carbonyl (C=O) groups excluding carboxylic acids is 1. The summed E-state index contributed by atoms with van der Waals surface area (Å²) in [4.78, 5) is 14.6. The summed E-state index contributed by atoms with van der Waals surface area (Å²) in [5.41, 5.74) is 0.527. The van der Waals surface area contributed by atoms with E-state index in [1.807, 2.05) is 11.8 Å². The van der Waals surface area contributed by atoms with E-state index in [4.69, 9.17) is 21.1 Å². The normalized spacial score (nSPS) is 17.1. The highest BCUT2D eigenvalue weighted by atomic mass is 35.5. The topological polar surface area (TPSA) is 50.8 Å². The van der Waals surface area contributed by atoms with Crippen molar-refractivity contribution in [1.82, 2.24) is 10.2 Å². The van der Waals surface area contributed by atoms with Crippen molar-refractivity contribution in [3.8, 4) is 5.75 Å². The SMILES string of the molecule is COCCNC(=O)c1ccc(OC2CCN([C@@H](C)CSC)CC2)c(Cl)c1. The number of halogens is 1. The van der Waals surface area contributed by atoms with Crippen molar-refractivity contribution in [1.29, 1.82) is 0 Å². The van der Waals surface area contributed by atoms with Crippen molar-refractivity contribution >= 4 is 29.3 Å². The minimum Gasteiger partial charge on any atom is -0.489 e. The molecule has 146 valence electrons. The molecule has 1 saturated heterocycles. The van der Waals surface area contributed by atoms with Crippen LogP contribution in [-0.4, -0.2) is 68.3 Å². The Bertz CT molecular complexity index is 580. The minimum absolute atomic E-state index is 0.161. The van der Waals surface area contributed by atoms with Gasteiger partial charge in [-0.2, -0.15) is 11.8 Å². The van der Waals surface area contributed by atoms with Crippen molar-refractivity contribution in [3.63, 3.8) is 0 Å². The lowest BCUT2D eigenvalue weighted by atomic mass is 10.1. The number of methoxy groups -OCH3 is 1. The molecule has 1 aliphatic rings. The lowest BCUT2D eigenvalue weighted by Crippen LogP contribution is -2.43. The van der Waals surface area contributed by atoms with E-state index in [0.29, 0.717) is 35.5 Å². The number of benzene rings is 1. The van der Waals surface area contributed by atoms with Crippen molar-refractivity contribution in [2.24, 2.45) is 0 Å². The van der Waals surface area contributed by atoms with E-state index in [-0.39, 0.29) is 12.0 Å². The standard InChI is InChI=1S/C19H29ClN2O3S/c1-14(13-26-3)22-9-6-16(7-10-22)25-18-5-4-15(12-17(18)20)19(23)21-8-11-24-2/h4-5,12,14,16H,6-11,13H2,1-3H3,(H,21,23)/t14-/m0/s1. The molecule has 7 heteroatoms. The number of thioether (sulfide) groups is 1. The van der Waals surface area contributed by atoms with Gasteiger partial charge < -0.3 is 14.8 Å². The van der Waals surface area contributed by atoms with Gasteiger partial charge in [0, 0.05) is 44.1 Å². The zero-order valence-corrected chi connectivity index (χ0v) is 17.4. The van der Waals surface area contributed by atoms with Gasteiger partial charge in [0.25, 0.3) is 5.91 Å². The number of amides is 1. The van der Waals surface area contributed by atoms with Crippen molar-refractivity contribution in [2.45, 2.75) is 31.9 Å². The highest BCUT2D eigenvalue weighted by Gasteiger charge is 2.24. The lowest BCUT2D eigenvalue weighted by Gasteiger charge is -2.36. The maximum Gasteiger partial charge on any atom is 0.251 e. The summed E-state index contributed by atoms with van der Waals surface area (Å²) in [5.74, 6) is 1.65. The van der Waals surface area contributed by atoms with Crippen LogP contribution in [-0.2, 0) is 4.74 Å². The minimum atomic E-state index is -0.161. The van der Waals surface area contributed by atoms with Crippen LogP contribution < -0.4 is 10.1 Å². The molecule has 1 aliphatic heterocycles. The second-order valence-electron chi connectivity index (χ2n) is 6.55. The van der Waals surface area contributed by atoms with Gasteiger partial charge in [0.1, 0.15) is 11.9 Å². The number of likely N-dealkylation sites (tertiary alicyclic amines) is 1. The molecule has 1 atom stereocenters. The van der Waals surface area contributed by atoms with Crippen molar-refractivity contribution in [2.75, 3.05) is 45.4 Å². The van der Waals surface area contributed by atoms with Crippen LogP contribution >= 0.6 is 23.4 Å². The van der Waals surface area contributed by atoms with E-state index >= 15 is 0 Å². The zero-order valence-electron chi connectivity index (χ0n) is 15.8. The highest BCUT2D eigenvalue weighted by molar-refractivity contribution is 7.98. The molecule has 0 aliphatic carbocycles.